The third-order valence-corrected chi connectivity index (χ3v) is 4.49. The van der Waals surface area contributed by atoms with Crippen LogP contribution in [0.2, 0.25) is 5.02 Å². The molecule has 4 rings (SSSR count). The summed E-state index contributed by atoms with van der Waals surface area (Å²) in [5.74, 6) is 0.679. The highest BCUT2D eigenvalue weighted by Crippen LogP contribution is 2.25. The Hall–Kier alpha value is -2.51. The monoisotopic (exact) mass is 416 g/mol. The first-order chi connectivity index (χ1) is 12.1. The average molecular weight is 418 g/mol. The van der Waals surface area contributed by atoms with Crippen LogP contribution in [0.5, 0.6) is 0 Å². The van der Waals surface area contributed by atoms with E-state index >= 15 is 0 Å². The van der Waals surface area contributed by atoms with E-state index in [1.165, 1.54) is 10.9 Å². The molecule has 2 aromatic carbocycles. The maximum Gasteiger partial charge on any atom is 0.261 e. The van der Waals surface area contributed by atoms with Gasteiger partial charge in [-0.15, -0.1) is 0 Å². The molecule has 0 radical (unpaired) electrons. The number of hydrogen-bond acceptors (Lipinski definition) is 5. The fourth-order valence-corrected chi connectivity index (χ4v) is 3.04. The first-order valence-electron chi connectivity index (χ1n) is 7.34. The van der Waals surface area contributed by atoms with Crippen LogP contribution in [-0.4, -0.2) is 19.7 Å². The maximum absolute atomic E-state index is 12.6. The van der Waals surface area contributed by atoms with Gasteiger partial charge in [-0.2, -0.15) is 4.98 Å². The zero-order chi connectivity index (χ0) is 17.4. The van der Waals surface area contributed by atoms with Crippen LogP contribution in [0.3, 0.4) is 0 Å². The van der Waals surface area contributed by atoms with E-state index in [9.17, 15) is 4.79 Å². The lowest BCUT2D eigenvalue weighted by Gasteiger charge is -2.04. The first kappa shape index (κ1) is 16.0. The van der Waals surface area contributed by atoms with Crippen molar-refractivity contribution in [2.24, 2.45) is 0 Å². The van der Waals surface area contributed by atoms with Crippen LogP contribution in [0.15, 0.2) is 62.6 Å². The minimum atomic E-state index is -0.171. The number of fused-ring (bicyclic) bond motifs is 1. The van der Waals surface area contributed by atoms with E-state index in [2.05, 4.69) is 31.1 Å². The van der Waals surface area contributed by atoms with E-state index in [0.29, 0.717) is 33.2 Å². The number of hydrogen-bond donors (Lipinski definition) is 0. The molecule has 0 unspecified atom stereocenters. The summed E-state index contributed by atoms with van der Waals surface area (Å²) in [6.07, 6.45) is 1.48. The summed E-state index contributed by atoms with van der Waals surface area (Å²) in [7, 11) is 0. The second kappa shape index (κ2) is 6.42. The van der Waals surface area contributed by atoms with Crippen LogP contribution in [-0.2, 0) is 6.54 Å². The molecule has 2 heterocycles. The molecule has 0 atom stereocenters. The molecule has 0 aliphatic rings. The number of benzene rings is 2. The Balaban J connectivity index is 1.70. The molecule has 0 aliphatic heterocycles. The molecule has 0 N–H and O–H groups in total. The van der Waals surface area contributed by atoms with Crippen LogP contribution in [0.4, 0.5) is 0 Å². The van der Waals surface area contributed by atoms with Gasteiger partial charge in [-0.3, -0.25) is 9.36 Å². The van der Waals surface area contributed by atoms with E-state index in [4.69, 9.17) is 16.1 Å². The van der Waals surface area contributed by atoms with Gasteiger partial charge in [-0.25, -0.2) is 4.98 Å². The Morgan fingerprint density at radius 2 is 2.04 bits per heavy atom. The average Bonchev–Trinajstić information content (AvgIpc) is 3.07. The Labute approximate surface area is 155 Å². The molecule has 25 heavy (non-hydrogen) atoms. The van der Waals surface area contributed by atoms with Gasteiger partial charge in [0.25, 0.3) is 11.4 Å². The lowest BCUT2D eigenvalue weighted by Crippen LogP contribution is -2.21. The Morgan fingerprint density at radius 3 is 2.88 bits per heavy atom. The minimum absolute atomic E-state index is 0.155. The highest BCUT2D eigenvalue weighted by Gasteiger charge is 2.13. The van der Waals surface area contributed by atoms with E-state index in [-0.39, 0.29) is 12.1 Å². The normalized spacial score (nSPS) is 11.1. The topological polar surface area (TPSA) is 73.8 Å². The molecule has 0 spiro atoms. The highest BCUT2D eigenvalue weighted by atomic mass is 79.9. The van der Waals surface area contributed by atoms with Gasteiger partial charge in [-0.1, -0.05) is 44.8 Å². The summed E-state index contributed by atoms with van der Waals surface area (Å²) in [4.78, 5) is 21.2. The van der Waals surface area contributed by atoms with Crippen molar-refractivity contribution in [3.8, 4) is 11.5 Å². The largest absolute Gasteiger partial charge is 0.334 e. The smallest absolute Gasteiger partial charge is 0.261 e. The molecular weight excluding hydrogens is 408 g/mol. The van der Waals surface area contributed by atoms with E-state index in [1.807, 2.05) is 18.2 Å². The number of rotatable bonds is 3. The SMILES string of the molecule is O=c1c2cc(Br)ccc2ncn1Cc1noc(-c2ccccc2Cl)n1. The standard InChI is InChI=1S/C17H10BrClN4O2/c18-10-5-6-14-12(7-10)17(24)23(9-20-14)8-15-21-16(25-22-15)11-3-1-2-4-13(11)19/h1-7,9H,8H2. The second-order valence-electron chi connectivity index (χ2n) is 5.33. The van der Waals surface area contributed by atoms with Gasteiger partial charge in [0.15, 0.2) is 5.82 Å². The Bertz CT molecular complexity index is 1140. The molecule has 0 bridgehead atoms. The molecular formula is C17H10BrClN4O2. The molecule has 0 fully saturated rings. The molecule has 0 amide bonds. The highest BCUT2D eigenvalue weighted by molar-refractivity contribution is 9.10. The maximum atomic E-state index is 12.6. The molecule has 6 nitrogen and oxygen atoms in total. The molecule has 2 aromatic heterocycles. The van der Waals surface area contributed by atoms with Gasteiger partial charge < -0.3 is 4.52 Å². The summed E-state index contributed by atoms with van der Waals surface area (Å²) in [5.41, 5.74) is 1.11. The summed E-state index contributed by atoms with van der Waals surface area (Å²) < 4.78 is 7.52. The molecule has 4 aromatic rings. The van der Waals surface area contributed by atoms with Crippen molar-refractivity contribution in [3.63, 3.8) is 0 Å². The van der Waals surface area contributed by atoms with E-state index < -0.39 is 0 Å². The van der Waals surface area contributed by atoms with Gasteiger partial charge in [0.2, 0.25) is 0 Å². The first-order valence-corrected chi connectivity index (χ1v) is 8.51. The predicted octanol–water partition coefficient (Wildman–Crippen LogP) is 3.91. The van der Waals surface area contributed by atoms with Gasteiger partial charge in [0.05, 0.1) is 34.4 Å². The molecule has 0 saturated heterocycles. The van der Waals surface area contributed by atoms with Crippen molar-refractivity contribution in [1.82, 2.24) is 19.7 Å². The molecule has 0 saturated carbocycles. The fraction of sp³-hybridized carbons (Fsp3) is 0.0588. The van der Waals surface area contributed by atoms with Crippen molar-refractivity contribution >= 4 is 38.4 Å². The van der Waals surface area contributed by atoms with Gasteiger partial charge in [-0.05, 0) is 30.3 Å². The number of aromatic nitrogens is 4. The lowest BCUT2D eigenvalue weighted by molar-refractivity contribution is 0.420. The van der Waals surface area contributed by atoms with Gasteiger partial charge in [0, 0.05) is 4.47 Å². The van der Waals surface area contributed by atoms with E-state index in [0.717, 1.165) is 4.47 Å². The number of halogens is 2. The van der Waals surface area contributed by atoms with Crippen LogP contribution >= 0.6 is 27.5 Å². The zero-order valence-electron chi connectivity index (χ0n) is 12.7. The van der Waals surface area contributed by atoms with Gasteiger partial charge in [0.1, 0.15) is 0 Å². The van der Waals surface area contributed by atoms with Crippen molar-refractivity contribution in [3.05, 3.63) is 74.5 Å². The Morgan fingerprint density at radius 1 is 1.20 bits per heavy atom. The second-order valence-corrected chi connectivity index (χ2v) is 6.66. The summed E-state index contributed by atoms with van der Waals surface area (Å²) >= 11 is 9.50. The number of nitrogens with zero attached hydrogens (tertiary/aromatic N) is 4. The van der Waals surface area contributed by atoms with Crippen molar-refractivity contribution in [1.29, 1.82) is 0 Å². The van der Waals surface area contributed by atoms with E-state index in [1.54, 1.807) is 24.3 Å². The minimum Gasteiger partial charge on any atom is -0.334 e. The van der Waals surface area contributed by atoms with Crippen LogP contribution in [0, 0.1) is 0 Å². The molecule has 124 valence electrons. The zero-order valence-corrected chi connectivity index (χ0v) is 15.0. The third-order valence-electron chi connectivity index (χ3n) is 3.67. The summed E-state index contributed by atoms with van der Waals surface area (Å²) in [6, 6.07) is 12.6. The molecule has 0 aliphatic carbocycles. The Kier molecular flexibility index (Phi) is 4.10. The van der Waals surface area contributed by atoms with Gasteiger partial charge >= 0.3 is 0 Å². The molecule has 8 heteroatoms. The van der Waals surface area contributed by atoms with Crippen LogP contribution < -0.4 is 5.56 Å². The van der Waals surface area contributed by atoms with Crippen molar-refractivity contribution in [2.75, 3.05) is 0 Å². The fourth-order valence-electron chi connectivity index (χ4n) is 2.46. The third kappa shape index (κ3) is 3.08. The quantitative estimate of drug-likeness (QED) is 0.505. The summed E-state index contributed by atoms with van der Waals surface area (Å²) in [5, 5.41) is 4.97. The summed E-state index contributed by atoms with van der Waals surface area (Å²) in [6.45, 7) is 0.155. The van der Waals surface area contributed by atoms with Crippen molar-refractivity contribution in [2.45, 2.75) is 6.54 Å². The van der Waals surface area contributed by atoms with Crippen LogP contribution in [0.1, 0.15) is 5.82 Å². The van der Waals surface area contributed by atoms with Crippen LogP contribution in [0.25, 0.3) is 22.4 Å². The lowest BCUT2D eigenvalue weighted by atomic mass is 10.2. The predicted molar refractivity (Wildman–Crippen MR) is 97.5 cm³/mol. The van der Waals surface area contributed by atoms with Crippen molar-refractivity contribution < 1.29 is 4.52 Å².